The fraction of sp³-hybridized carbons (Fsp3) is 0.0909. The lowest BCUT2D eigenvalue weighted by Crippen LogP contribution is -2.20. The number of esters is 1. The van der Waals surface area contributed by atoms with E-state index in [1.807, 2.05) is 0 Å². The molecule has 4 nitrogen and oxygen atoms in total. The molecule has 18 heavy (non-hydrogen) atoms. The molecule has 0 unspecified atom stereocenters. The third-order valence-electron chi connectivity index (χ3n) is 2.12. The Labute approximate surface area is 116 Å². The van der Waals surface area contributed by atoms with E-state index >= 15 is 0 Å². The van der Waals surface area contributed by atoms with Crippen LogP contribution in [0.1, 0.15) is 9.67 Å². The van der Waals surface area contributed by atoms with E-state index in [9.17, 15) is 9.59 Å². The van der Waals surface area contributed by atoms with Crippen molar-refractivity contribution < 1.29 is 14.3 Å². The molecule has 0 aliphatic heterocycles. The average molecular weight is 304 g/mol. The van der Waals surface area contributed by atoms with Gasteiger partial charge < -0.3 is 10.5 Å². The van der Waals surface area contributed by atoms with Crippen LogP contribution in [0.3, 0.4) is 0 Å². The van der Waals surface area contributed by atoms with Gasteiger partial charge in [0.1, 0.15) is 4.88 Å². The second kappa shape index (κ2) is 5.14. The van der Waals surface area contributed by atoms with Gasteiger partial charge in [0.05, 0.1) is 5.02 Å². The monoisotopic (exact) mass is 303 g/mol. The van der Waals surface area contributed by atoms with Gasteiger partial charge in [0.25, 0.3) is 5.91 Å². The van der Waals surface area contributed by atoms with Gasteiger partial charge in [-0.1, -0.05) is 29.3 Å². The van der Waals surface area contributed by atoms with Gasteiger partial charge in [-0.25, -0.2) is 4.79 Å². The summed E-state index contributed by atoms with van der Waals surface area (Å²) in [5.74, 6) is -1.39. The van der Waals surface area contributed by atoms with Gasteiger partial charge >= 0.3 is 5.97 Å². The second-order valence-electron chi connectivity index (χ2n) is 3.43. The zero-order valence-electron chi connectivity index (χ0n) is 8.91. The zero-order chi connectivity index (χ0) is 13.3. The average Bonchev–Trinajstić information content (AvgIpc) is 2.63. The van der Waals surface area contributed by atoms with Gasteiger partial charge in [-0.2, -0.15) is 0 Å². The van der Waals surface area contributed by atoms with Crippen LogP contribution >= 0.6 is 34.5 Å². The number of nitrogens with two attached hydrogens (primary N) is 1. The van der Waals surface area contributed by atoms with Crippen LogP contribution < -0.4 is 5.73 Å². The van der Waals surface area contributed by atoms with Crippen LogP contribution in [0.25, 0.3) is 10.1 Å². The number of halogens is 2. The molecule has 0 aliphatic rings. The minimum atomic E-state index is -0.719. The molecule has 2 aromatic rings. The Morgan fingerprint density at radius 3 is 2.72 bits per heavy atom. The maximum atomic E-state index is 11.7. The highest BCUT2D eigenvalue weighted by atomic mass is 35.5. The highest BCUT2D eigenvalue weighted by Gasteiger charge is 2.19. The molecule has 0 fully saturated rings. The van der Waals surface area contributed by atoms with Crippen LogP contribution in [0.2, 0.25) is 10.0 Å². The molecule has 1 aromatic carbocycles. The number of thiophene rings is 1. The van der Waals surface area contributed by atoms with Crippen LogP contribution in [0, 0.1) is 0 Å². The van der Waals surface area contributed by atoms with E-state index in [-0.39, 0.29) is 4.88 Å². The zero-order valence-corrected chi connectivity index (χ0v) is 11.2. The molecule has 0 atom stereocenters. The largest absolute Gasteiger partial charge is 0.451 e. The summed E-state index contributed by atoms with van der Waals surface area (Å²) in [5, 5.41) is 1.57. The second-order valence-corrected chi connectivity index (χ2v) is 5.29. The van der Waals surface area contributed by atoms with Gasteiger partial charge in [-0.15, -0.1) is 11.3 Å². The minimum Gasteiger partial charge on any atom is -0.451 e. The molecule has 94 valence electrons. The first kappa shape index (κ1) is 13.1. The molecule has 0 bridgehead atoms. The van der Waals surface area contributed by atoms with Gasteiger partial charge in [-0.3, -0.25) is 4.79 Å². The lowest BCUT2D eigenvalue weighted by Gasteiger charge is -1.99. The number of hydrogen-bond acceptors (Lipinski definition) is 4. The van der Waals surface area contributed by atoms with Crippen molar-refractivity contribution in [2.45, 2.75) is 0 Å². The number of rotatable bonds is 3. The summed E-state index contributed by atoms with van der Waals surface area (Å²) < 4.78 is 5.49. The van der Waals surface area contributed by atoms with Crippen molar-refractivity contribution in [2.24, 2.45) is 5.73 Å². The van der Waals surface area contributed by atoms with Crippen molar-refractivity contribution in [3.8, 4) is 0 Å². The predicted octanol–water partition coefficient (Wildman–Crippen LogP) is 2.85. The molecule has 0 spiro atoms. The normalized spacial score (nSPS) is 10.6. The Hall–Kier alpha value is -1.30. The van der Waals surface area contributed by atoms with Crippen molar-refractivity contribution in [1.82, 2.24) is 0 Å². The maximum absolute atomic E-state index is 11.7. The van der Waals surface area contributed by atoms with Crippen LogP contribution in [0.5, 0.6) is 0 Å². The first-order chi connectivity index (χ1) is 8.49. The molecular weight excluding hydrogens is 297 g/mol. The third-order valence-corrected chi connectivity index (χ3v) is 3.99. The number of amides is 1. The van der Waals surface area contributed by atoms with E-state index < -0.39 is 18.5 Å². The highest BCUT2D eigenvalue weighted by molar-refractivity contribution is 7.21. The first-order valence-electron chi connectivity index (χ1n) is 4.82. The van der Waals surface area contributed by atoms with E-state index in [2.05, 4.69) is 0 Å². The summed E-state index contributed by atoms with van der Waals surface area (Å²) >= 11 is 13.1. The Balaban J connectivity index is 2.36. The number of carbonyl (C=O) groups is 2. The smallest absolute Gasteiger partial charge is 0.350 e. The molecule has 1 heterocycles. The van der Waals surface area contributed by atoms with E-state index in [0.29, 0.717) is 10.0 Å². The lowest BCUT2D eigenvalue weighted by molar-refractivity contribution is -0.121. The summed E-state index contributed by atoms with van der Waals surface area (Å²) in [6, 6.07) is 5.11. The van der Waals surface area contributed by atoms with E-state index in [1.54, 1.807) is 18.2 Å². The molecule has 0 aliphatic carbocycles. The molecule has 0 saturated carbocycles. The fourth-order valence-electron chi connectivity index (χ4n) is 1.37. The van der Waals surface area contributed by atoms with E-state index in [1.165, 1.54) is 0 Å². The standard InChI is InChI=1S/C11H7Cl2NO3S/c12-5-1-2-6-7(3-5)18-10(9(6)13)11(16)17-4-8(14)15/h1-3H,4H2,(H2,14,15). The third kappa shape index (κ3) is 2.58. The fourth-order valence-corrected chi connectivity index (χ4v) is 3.05. The summed E-state index contributed by atoms with van der Waals surface area (Å²) in [7, 11) is 0. The lowest BCUT2D eigenvalue weighted by atomic mass is 10.2. The quantitative estimate of drug-likeness (QED) is 0.886. The summed E-state index contributed by atoms with van der Waals surface area (Å²) in [5.41, 5.74) is 4.89. The highest BCUT2D eigenvalue weighted by Crippen LogP contribution is 2.36. The van der Waals surface area contributed by atoms with Crippen LogP contribution in [-0.2, 0) is 9.53 Å². The summed E-state index contributed by atoms with van der Waals surface area (Å²) in [6.07, 6.45) is 0. The number of ether oxygens (including phenoxy) is 1. The molecule has 2 rings (SSSR count). The van der Waals surface area contributed by atoms with Crippen molar-refractivity contribution >= 4 is 56.5 Å². The number of benzene rings is 1. The Morgan fingerprint density at radius 2 is 2.06 bits per heavy atom. The van der Waals surface area contributed by atoms with Gasteiger partial charge in [-0.05, 0) is 12.1 Å². The Bertz CT molecular complexity index is 638. The maximum Gasteiger partial charge on any atom is 0.350 e. The molecule has 1 aromatic heterocycles. The molecule has 2 N–H and O–H groups in total. The molecular formula is C11H7Cl2NO3S. The van der Waals surface area contributed by atoms with Crippen molar-refractivity contribution in [3.05, 3.63) is 33.1 Å². The predicted molar refractivity (Wildman–Crippen MR) is 71.3 cm³/mol. The summed E-state index contributed by atoms with van der Waals surface area (Å²) in [4.78, 5) is 22.5. The topological polar surface area (TPSA) is 69.4 Å². The SMILES string of the molecule is NC(=O)COC(=O)c1sc2cc(Cl)ccc2c1Cl. The summed E-state index contributed by atoms with van der Waals surface area (Å²) in [6.45, 7) is -0.468. The van der Waals surface area contributed by atoms with Crippen molar-refractivity contribution in [3.63, 3.8) is 0 Å². The number of primary amides is 1. The molecule has 7 heteroatoms. The first-order valence-corrected chi connectivity index (χ1v) is 6.39. The van der Waals surface area contributed by atoms with Crippen molar-refractivity contribution in [2.75, 3.05) is 6.61 Å². The molecule has 0 saturated heterocycles. The number of carbonyl (C=O) groups excluding carboxylic acids is 2. The van der Waals surface area contributed by atoms with Crippen LogP contribution in [0.4, 0.5) is 0 Å². The number of hydrogen-bond donors (Lipinski definition) is 1. The van der Waals surface area contributed by atoms with Crippen molar-refractivity contribution in [1.29, 1.82) is 0 Å². The Kier molecular flexibility index (Phi) is 3.75. The minimum absolute atomic E-state index is 0.232. The van der Waals surface area contributed by atoms with Gasteiger partial charge in [0.15, 0.2) is 6.61 Å². The van der Waals surface area contributed by atoms with Gasteiger partial charge in [0.2, 0.25) is 0 Å². The molecule has 0 radical (unpaired) electrons. The van der Waals surface area contributed by atoms with E-state index in [0.717, 1.165) is 21.4 Å². The Morgan fingerprint density at radius 1 is 1.33 bits per heavy atom. The number of fused-ring (bicyclic) bond motifs is 1. The molecule has 1 amide bonds. The van der Waals surface area contributed by atoms with Crippen LogP contribution in [-0.4, -0.2) is 18.5 Å². The van der Waals surface area contributed by atoms with Gasteiger partial charge in [0, 0.05) is 15.1 Å². The van der Waals surface area contributed by atoms with Crippen LogP contribution in [0.15, 0.2) is 18.2 Å². The van der Waals surface area contributed by atoms with E-state index in [4.69, 9.17) is 33.7 Å².